The van der Waals surface area contributed by atoms with Gasteiger partial charge in [-0.2, -0.15) is 10.3 Å². The molecule has 1 heterocycles. The first kappa shape index (κ1) is 15.6. The number of rotatable bonds is 8. The second-order valence-corrected chi connectivity index (χ2v) is 4.44. The summed E-state index contributed by atoms with van der Waals surface area (Å²) in [5.41, 5.74) is 2.99. The van der Waals surface area contributed by atoms with Crippen LogP contribution in [-0.2, 0) is 0 Å². The van der Waals surface area contributed by atoms with E-state index in [-0.39, 0.29) is 5.69 Å². The van der Waals surface area contributed by atoms with Gasteiger partial charge in [0.15, 0.2) is 5.69 Å². The number of anilines is 1. The number of hydrogen-bond donors (Lipinski definition) is 3. The molecule has 0 saturated heterocycles. The Balaban J connectivity index is 2.46. The molecule has 0 aliphatic carbocycles. The van der Waals surface area contributed by atoms with Crippen molar-refractivity contribution in [2.45, 2.75) is 39.5 Å². The van der Waals surface area contributed by atoms with E-state index in [4.69, 9.17) is 5.21 Å². The van der Waals surface area contributed by atoms with Crippen molar-refractivity contribution in [2.24, 2.45) is 11.0 Å². The van der Waals surface area contributed by atoms with Crippen molar-refractivity contribution in [3.05, 3.63) is 23.5 Å². The predicted octanol–water partition coefficient (Wildman–Crippen LogP) is 2.10. The Hall–Kier alpha value is -1.50. The highest BCUT2D eigenvalue weighted by atomic mass is 16.8. The van der Waals surface area contributed by atoms with Crippen LogP contribution in [0.5, 0.6) is 0 Å². The topological polar surface area (TPSA) is 85.0 Å². The summed E-state index contributed by atoms with van der Waals surface area (Å²) < 4.78 is 0. The molecule has 106 valence electrons. The molecule has 3 N–H and O–H groups in total. The lowest BCUT2D eigenvalue weighted by molar-refractivity contribution is -0.991. The van der Waals surface area contributed by atoms with Gasteiger partial charge in [-0.15, -0.1) is 0 Å². The molecule has 2 atom stereocenters. The van der Waals surface area contributed by atoms with E-state index in [1.807, 2.05) is 6.21 Å². The number of nitrogens with one attached hydrogen (secondary N) is 2. The van der Waals surface area contributed by atoms with E-state index in [1.54, 1.807) is 6.07 Å². The number of hydrazone groups is 1. The molecule has 0 aromatic carbocycles. The van der Waals surface area contributed by atoms with E-state index in [0.717, 1.165) is 12.8 Å². The van der Waals surface area contributed by atoms with Crippen molar-refractivity contribution >= 4 is 17.7 Å². The van der Waals surface area contributed by atoms with Crippen LogP contribution < -0.4 is 10.7 Å². The summed E-state index contributed by atoms with van der Waals surface area (Å²) in [6, 6.07) is 3.11. The number of hydrogen-bond acceptors (Lipinski definition) is 5. The third-order valence-corrected chi connectivity index (χ3v) is 2.93. The van der Waals surface area contributed by atoms with Gasteiger partial charge in [0.1, 0.15) is 5.82 Å². The molecule has 0 saturated carbocycles. The fourth-order valence-electron chi connectivity index (χ4n) is 1.65. The maximum Gasteiger partial charge on any atom is 0.182 e. The standard InChI is InChI=1S/C13H22N4O2/c1-3-5-6-11(4-2)9-15-16-13-8-7-12(10-14-13)17(18)19/h7-11,17-18H,3-6H2,1-2H3,(H,14,16)/b15-9+. The summed E-state index contributed by atoms with van der Waals surface area (Å²) in [7, 11) is 0. The summed E-state index contributed by atoms with van der Waals surface area (Å²) in [5, 5.41) is 22.6. The van der Waals surface area contributed by atoms with E-state index in [0.29, 0.717) is 11.7 Å². The molecule has 1 rings (SSSR count). The van der Waals surface area contributed by atoms with E-state index in [2.05, 4.69) is 29.4 Å². The van der Waals surface area contributed by atoms with Gasteiger partial charge in [0.25, 0.3) is 0 Å². The molecule has 0 spiro atoms. The zero-order chi connectivity index (χ0) is 14.1. The molecule has 19 heavy (non-hydrogen) atoms. The average Bonchev–Trinajstić information content (AvgIpc) is 2.43. The van der Waals surface area contributed by atoms with Crippen LogP contribution in [0.4, 0.5) is 11.5 Å². The molecule has 0 radical (unpaired) electrons. The van der Waals surface area contributed by atoms with Gasteiger partial charge in [-0.3, -0.25) is 5.43 Å². The first-order chi connectivity index (χ1) is 9.17. The molecule has 1 aromatic heterocycles. The largest absolute Gasteiger partial charge is 0.595 e. The average molecular weight is 266 g/mol. The molecule has 0 bridgehead atoms. The normalized spacial score (nSPS) is 14.5. The molecule has 1 aromatic rings. The van der Waals surface area contributed by atoms with Crippen molar-refractivity contribution in [3.8, 4) is 0 Å². The van der Waals surface area contributed by atoms with E-state index < -0.39 is 5.23 Å². The number of nitrogens with zero attached hydrogens (tertiary/aromatic N) is 2. The number of quaternary nitrogens is 1. The Morgan fingerprint density at radius 3 is 2.84 bits per heavy atom. The van der Waals surface area contributed by atoms with Gasteiger partial charge in [-0.05, 0) is 24.8 Å². The van der Waals surface area contributed by atoms with Gasteiger partial charge < -0.3 is 5.21 Å². The van der Waals surface area contributed by atoms with Crippen molar-refractivity contribution < 1.29 is 10.4 Å². The summed E-state index contributed by atoms with van der Waals surface area (Å²) in [6.45, 7) is 4.32. The van der Waals surface area contributed by atoms with Gasteiger partial charge in [0, 0.05) is 12.3 Å². The minimum Gasteiger partial charge on any atom is -0.595 e. The third kappa shape index (κ3) is 5.78. The van der Waals surface area contributed by atoms with Crippen LogP contribution in [-0.4, -0.2) is 16.4 Å². The molecular weight excluding hydrogens is 244 g/mol. The van der Waals surface area contributed by atoms with Crippen LogP contribution in [0.2, 0.25) is 0 Å². The lowest BCUT2D eigenvalue weighted by atomic mass is 10.0. The van der Waals surface area contributed by atoms with Crippen molar-refractivity contribution in [3.63, 3.8) is 0 Å². The Labute approximate surface area is 113 Å². The highest BCUT2D eigenvalue weighted by Crippen LogP contribution is 2.10. The molecule has 0 fully saturated rings. The lowest BCUT2D eigenvalue weighted by Crippen LogP contribution is -2.99. The SMILES string of the molecule is CCCCC(/C=N/Nc1ccc([NH+]([O-])O)cn1)CC. The quantitative estimate of drug-likeness (QED) is 0.497. The molecule has 0 aliphatic rings. The number of unbranched alkanes of at least 4 members (excludes halogenated alkanes) is 1. The number of aromatic nitrogens is 1. The van der Waals surface area contributed by atoms with Gasteiger partial charge in [-0.25, -0.2) is 10.2 Å². The number of pyridine rings is 1. The van der Waals surface area contributed by atoms with Crippen molar-refractivity contribution in [1.29, 1.82) is 0 Å². The smallest absolute Gasteiger partial charge is 0.182 e. The Morgan fingerprint density at radius 1 is 1.53 bits per heavy atom. The first-order valence-electron chi connectivity index (χ1n) is 6.65. The minimum absolute atomic E-state index is 0.170. The van der Waals surface area contributed by atoms with Gasteiger partial charge >= 0.3 is 0 Å². The highest BCUT2D eigenvalue weighted by molar-refractivity contribution is 5.61. The summed E-state index contributed by atoms with van der Waals surface area (Å²) in [5.74, 6) is 1.03. The first-order valence-corrected chi connectivity index (χ1v) is 6.65. The molecular formula is C13H22N4O2. The zero-order valence-corrected chi connectivity index (χ0v) is 11.5. The maximum atomic E-state index is 10.7. The monoisotopic (exact) mass is 266 g/mol. The van der Waals surface area contributed by atoms with Crippen LogP contribution in [0.25, 0.3) is 0 Å². The molecule has 0 amide bonds. The van der Waals surface area contributed by atoms with E-state index in [1.165, 1.54) is 25.1 Å². The maximum absolute atomic E-state index is 10.7. The molecule has 6 heteroatoms. The van der Waals surface area contributed by atoms with Gasteiger partial charge in [0.05, 0.1) is 6.20 Å². The molecule has 6 nitrogen and oxygen atoms in total. The summed E-state index contributed by atoms with van der Waals surface area (Å²) >= 11 is 0. The van der Waals surface area contributed by atoms with Crippen molar-refractivity contribution in [1.82, 2.24) is 4.98 Å². The Bertz CT molecular complexity index is 379. The van der Waals surface area contributed by atoms with Crippen molar-refractivity contribution in [2.75, 3.05) is 5.43 Å². The summed E-state index contributed by atoms with van der Waals surface area (Å²) in [6.07, 6.45) is 7.82. The fraction of sp³-hybridized carbons (Fsp3) is 0.538. The fourth-order valence-corrected chi connectivity index (χ4v) is 1.65. The molecule has 0 aliphatic heterocycles. The predicted molar refractivity (Wildman–Crippen MR) is 75.4 cm³/mol. The van der Waals surface area contributed by atoms with Crippen LogP contribution in [0, 0.1) is 11.1 Å². The second-order valence-electron chi connectivity index (χ2n) is 4.44. The second kappa shape index (κ2) is 8.58. The van der Waals surface area contributed by atoms with E-state index in [9.17, 15) is 5.21 Å². The van der Waals surface area contributed by atoms with Crippen LogP contribution in [0.15, 0.2) is 23.4 Å². The van der Waals surface area contributed by atoms with Crippen LogP contribution in [0.1, 0.15) is 39.5 Å². The van der Waals surface area contributed by atoms with Gasteiger partial charge in [0.2, 0.25) is 0 Å². The zero-order valence-electron chi connectivity index (χ0n) is 11.5. The Morgan fingerprint density at radius 2 is 2.32 bits per heavy atom. The minimum atomic E-state index is -0.979. The van der Waals surface area contributed by atoms with E-state index >= 15 is 0 Å². The Kier molecular flexibility index (Phi) is 7.02. The highest BCUT2D eigenvalue weighted by Gasteiger charge is 2.02. The lowest BCUT2D eigenvalue weighted by Gasteiger charge is -2.11. The van der Waals surface area contributed by atoms with Crippen LogP contribution in [0.3, 0.4) is 0 Å². The van der Waals surface area contributed by atoms with Gasteiger partial charge in [-0.1, -0.05) is 26.7 Å². The van der Waals surface area contributed by atoms with Crippen LogP contribution >= 0.6 is 0 Å². The molecule has 2 unspecified atom stereocenters. The third-order valence-electron chi connectivity index (χ3n) is 2.93. The summed E-state index contributed by atoms with van der Waals surface area (Å²) in [4.78, 5) is 3.98.